The van der Waals surface area contributed by atoms with Crippen molar-refractivity contribution in [1.82, 2.24) is 14.7 Å². The van der Waals surface area contributed by atoms with Crippen molar-refractivity contribution in [2.24, 2.45) is 0 Å². The fourth-order valence-corrected chi connectivity index (χ4v) is 3.62. The summed E-state index contributed by atoms with van der Waals surface area (Å²) in [4.78, 5) is 27.9. The average Bonchev–Trinajstić information content (AvgIpc) is 3.14. The lowest BCUT2D eigenvalue weighted by molar-refractivity contribution is 0.0237. The molecule has 2 aromatic rings. The van der Waals surface area contributed by atoms with E-state index in [9.17, 15) is 22.8 Å². The van der Waals surface area contributed by atoms with E-state index in [1.807, 2.05) is 0 Å². The third-order valence-corrected chi connectivity index (χ3v) is 5.34. The first-order chi connectivity index (χ1) is 14.8. The van der Waals surface area contributed by atoms with E-state index in [1.165, 1.54) is 23.1 Å². The number of nitrogens with one attached hydrogen (secondary N) is 1. The van der Waals surface area contributed by atoms with Gasteiger partial charge in [-0.05, 0) is 6.92 Å². The van der Waals surface area contributed by atoms with Crippen molar-refractivity contribution in [1.29, 1.82) is 0 Å². The van der Waals surface area contributed by atoms with Crippen molar-refractivity contribution in [2.75, 3.05) is 30.5 Å². The molecule has 2 aliphatic heterocycles. The predicted molar refractivity (Wildman–Crippen MR) is 102 cm³/mol. The zero-order valence-corrected chi connectivity index (χ0v) is 16.8. The van der Waals surface area contributed by atoms with Gasteiger partial charge in [-0.15, -0.1) is 0 Å². The van der Waals surface area contributed by atoms with Gasteiger partial charge in [-0.25, -0.2) is 22.8 Å². The van der Waals surface area contributed by atoms with Crippen molar-refractivity contribution >= 4 is 23.5 Å². The maximum Gasteiger partial charge on any atom is 0.414 e. The summed E-state index contributed by atoms with van der Waals surface area (Å²) in [5.41, 5.74) is 0.865. The number of carbonyl (C=O) groups excluding carboxylic acids is 2. The quantitative estimate of drug-likeness (QED) is 0.743. The van der Waals surface area contributed by atoms with Crippen LogP contribution in [0.1, 0.15) is 12.6 Å². The lowest BCUT2D eigenvalue weighted by atomic mass is 10.1. The Labute approximate surface area is 175 Å². The summed E-state index contributed by atoms with van der Waals surface area (Å²) < 4.78 is 52.2. The van der Waals surface area contributed by atoms with Gasteiger partial charge < -0.3 is 19.7 Å². The Kier molecular flexibility index (Phi) is 5.48. The molecule has 12 heteroatoms. The Morgan fingerprint density at radius 1 is 1.26 bits per heavy atom. The van der Waals surface area contributed by atoms with Crippen LogP contribution in [0.5, 0.6) is 0 Å². The maximum absolute atomic E-state index is 13.5. The monoisotopic (exact) mass is 439 g/mol. The molecular weight excluding hydrogens is 419 g/mol. The Balaban J connectivity index is 1.56. The minimum atomic E-state index is -1.61. The molecule has 0 saturated carbocycles. The molecule has 0 unspecified atom stereocenters. The summed E-state index contributed by atoms with van der Waals surface area (Å²) in [6.45, 7) is 2.61. The number of anilines is 2. The van der Waals surface area contributed by atoms with Crippen molar-refractivity contribution < 1.29 is 32.2 Å². The molecule has 0 aliphatic carbocycles. The van der Waals surface area contributed by atoms with Crippen molar-refractivity contribution in [3.63, 3.8) is 0 Å². The van der Waals surface area contributed by atoms with Gasteiger partial charge in [0.05, 0.1) is 43.3 Å². The normalized spacial score (nSPS) is 21.0. The van der Waals surface area contributed by atoms with Crippen LogP contribution in [0.4, 0.5) is 34.1 Å². The Morgan fingerprint density at radius 3 is 2.65 bits per heavy atom. The number of hydrogen-bond acceptors (Lipinski definition) is 5. The van der Waals surface area contributed by atoms with Crippen LogP contribution in [-0.2, 0) is 22.6 Å². The van der Waals surface area contributed by atoms with Gasteiger partial charge in [0.25, 0.3) is 0 Å². The van der Waals surface area contributed by atoms with Gasteiger partial charge in [0.2, 0.25) is 0 Å². The smallest absolute Gasteiger partial charge is 0.414 e. The number of cyclic esters (lactones) is 1. The Morgan fingerprint density at radius 2 is 1.97 bits per heavy atom. The predicted octanol–water partition coefficient (Wildman–Crippen LogP) is 2.71. The zero-order valence-electron chi connectivity index (χ0n) is 16.8. The number of rotatable bonds is 3. The minimum Gasteiger partial charge on any atom is -0.446 e. The van der Waals surface area contributed by atoms with Gasteiger partial charge in [0, 0.05) is 24.9 Å². The number of nitrogens with zero attached hydrogens (tertiary/aromatic N) is 4. The van der Waals surface area contributed by atoms with Crippen LogP contribution in [0.15, 0.2) is 18.3 Å². The highest BCUT2D eigenvalue weighted by molar-refractivity contribution is 5.91. The van der Waals surface area contributed by atoms with Gasteiger partial charge in [0.1, 0.15) is 12.7 Å². The van der Waals surface area contributed by atoms with Crippen molar-refractivity contribution in [3.8, 4) is 0 Å². The largest absolute Gasteiger partial charge is 0.446 e. The number of hydrogen-bond donors (Lipinski definition) is 1. The maximum atomic E-state index is 13.5. The second-order valence-corrected chi connectivity index (χ2v) is 7.36. The third-order valence-electron chi connectivity index (χ3n) is 5.34. The lowest BCUT2D eigenvalue weighted by Crippen LogP contribution is -2.49. The van der Waals surface area contributed by atoms with Crippen LogP contribution in [-0.4, -0.2) is 59.2 Å². The molecule has 31 heavy (non-hydrogen) atoms. The molecule has 166 valence electrons. The SMILES string of the molecule is CO[C@H]1COC(=O)N(c2cnn3c2CN(C(=O)Nc2cc(F)c(F)c(F)c2)[C@@H](C)C3)C1. The molecule has 3 heterocycles. The lowest BCUT2D eigenvalue weighted by Gasteiger charge is -2.36. The van der Waals surface area contributed by atoms with Crippen LogP contribution in [0.25, 0.3) is 0 Å². The number of ether oxygens (including phenoxy) is 2. The summed E-state index contributed by atoms with van der Waals surface area (Å²) >= 11 is 0. The van der Waals surface area contributed by atoms with Crippen LogP contribution in [0.2, 0.25) is 0 Å². The molecule has 1 aromatic carbocycles. The van der Waals surface area contributed by atoms with Crippen molar-refractivity contribution in [3.05, 3.63) is 41.5 Å². The van der Waals surface area contributed by atoms with Crippen LogP contribution in [0.3, 0.4) is 0 Å². The number of fused-ring (bicyclic) bond motifs is 1. The molecular formula is C19H20F3N5O4. The molecule has 3 amide bonds. The summed E-state index contributed by atoms with van der Waals surface area (Å²) in [7, 11) is 1.52. The molecule has 1 N–H and O–H groups in total. The fraction of sp³-hybridized carbons (Fsp3) is 0.421. The minimum absolute atomic E-state index is 0.0793. The number of amides is 3. The molecule has 2 aliphatic rings. The third kappa shape index (κ3) is 3.90. The van der Waals surface area contributed by atoms with Gasteiger partial charge in [-0.3, -0.25) is 9.58 Å². The highest BCUT2D eigenvalue weighted by Crippen LogP contribution is 2.29. The van der Waals surface area contributed by atoms with E-state index in [-0.39, 0.29) is 37.5 Å². The van der Waals surface area contributed by atoms with E-state index in [2.05, 4.69) is 10.4 Å². The van der Waals surface area contributed by atoms with E-state index < -0.39 is 29.6 Å². The number of aromatic nitrogens is 2. The topological polar surface area (TPSA) is 88.9 Å². The van der Waals surface area contributed by atoms with Crippen LogP contribution >= 0.6 is 0 Å². The summed E-state index contributed by atoms with van der Waals surface area (Å²) in [5.74, 6) is -4.42. The van der Waals surface area contributed by atoms with E-state index >= 15 is 0 Å². The number of urea groups is 1. The van der Waals surface area contributed by atoms with Crippen LogP contribution in [0, 0.1) is 17.5 Å². The first-order valence-corrected chi connectivity index (χ1v) is 9.52. The van der Waals surface area contributed by atoms with Gasteiger partial charge in [-0.2, -0.15) is 5.10 Å². The highest BCUT2D eigenvalue weighted by atomic mass is 19.2. The number of benzene rings is 1. The van der Waals surface area contributed by atoms with Gasteiger partial charge >= 0.3 is 12.1 Å². The zero-order chi connectivity index (χ0) is 22.3. The molecule has 1 aromatic heterocycles. The first-order valence-electron chi connectivity index (χ1n) is 9.52. The summed E-state index contributed by atoms with van der Waals surface area (Å²) in [6.07, 6.45) is 0.669. The number of carbonyl (C=O) groups is 2. The van der Waals surface area contributed by atoms with Crippen molar-refractivity contribution in [2.45, 2.75) is 32.2 Å². The van der Waals surface area contributed by atoms with Gasteiger partial charge in [-0.1, -0.05) is 0 Å². The average molecular weight is 439 g/mol. The second kappa shape index (κ2) is 8.10. The molecule has 9 nitrogen and oxygen atoms in total. The standard InChI is InChI=1S/C19H20F3N5O4/c1-10-6-27-16(15(5-23-27)26-7-12(30-2)9-31-19(26)29)8-25(10)18(28)24-11-3-13(20)17(22)14(21)4-11/h3-5,10,12H,6-9H2,1-2H3,(H,24,28)/t10-,12+/m0/s1. The molecule has 0 spiro atoms. The summed E-state index contributed by atoms with van der Waals surface area (Å²) in [5, 5.41) is 6.69. The number of halogens is 3. The molecule has 1 fully saturated rings. The molecule has 1 saturated heterocycles. The van der Waals surface area contributed by atoms with E-state index in [0.29, 0.717) is 30.1 Å². The molecule has 0 radical (unpaired) electrons. The van der Waals surface area contributed by atoms with Gasteiger partial charge in [0.15, 0.2) is 17.5 Å². The highest BCUT2D eigenvalue weighted by Gasteiger charge is 2.35. The van der Waals surface area contributed by atoms with E-state index in [0.717, 1.165) is 0 Å². The van der Waals surface area contributed by atoms with E-state index in [4.69, 9.17) is 9.47 Å². The fourth-order valence-electron chi connectivity index (χ4n) is 3.62. The van der Waals surface area contributed by atoms with Crippen LogP contribution < -0.4 is 10.2 Å². The Bertz CT molecular complexity index is 1010. The number of methoxy groups -OCH3 is 1. The molecule has 2 atom stereocenters. The molecule has 4 rings (SSSR count). The first kappa shape index (κ1) is 21.0. The summed E-state index contributed by atoms with van der Waals surface area (Å²) in [6, 6.07) is 0.465. The molecule has 0 bridgehead atoms. The second-order valence-electron chi connectivity index (χ2n) is 7.36. The van der Waals surface area contributed by atoms with E-state index in [1.54, 1.807) is 11.6 Å². The Hall–Kier alpha value is -3.28.